The van der Waals surface area contributed by atoms with Crippen LogP contribution in [0, 0.1) is 0 Å². The third kappa shape index (κ3) is 4.49. The smallest absolute Gasteiger partial charge is 0.272 e. The van der Waals surface area contributed by atoms with Crippen LogP contribution >= 0.6 is 0 Å². The zero-order chi connectivity index (χ0) is 22.5. The van der Waals surface area contributed by atoms with Gasteiger partial charge >= 0.3 is 0 Å². The summed E-state index contributed by atoms with van der Waals surface area (Å²) >= 11 is 0. The standard InChI is InChI=1S/C24H24N4O4/c1-27-22(14-21(26-27)20-13-18(30-2)9-10-23(20)31-3)24(29)28(16-19-8-6-12-32-19)15-17-7-4-5-11-25-17/h4-14H,15-16H2,1-3H3. The van der Waals surface area contributed by atoms with Crippen LogP contribution in [0.4, 0.5) is 0 Å². The van der Waals surface area contributed by atoms with Gasteiger partial charge in [0.1, 0.15) is 23.0 Å². The maximum atomic E-state index is 13.6. The Labute approximate surface area is 186 Å². The summed E-state index contributed by atoms with van der Waals surface area (Å²) < 4.78 is 17.9. The number of amides is 1. The SMILES string of the molecule is COc1ccc(OC)c(-c2cc(C(=O)N(Cc3ccccn3)Cc3ccco3)n(C)n2)c1. The molecular formula is C24H24N4O4. The van der Waals surface area contributed by atoms with Crippen LogP contribution in [-0.2, 0) is 20.1 Å². The van der Waals surface area contributed by atoms with Crippen LogP contribution in [0.5, 0.6) is 11.5 Å². The van der Waals surface area contributed by atoms with E-state index in [4.69, 9.17) is 13.9 Å². The highest BCUT2D eigenvalue weighted by molar-refractivity contribution is 5.94. The average Bonchev–Trinajstić information content (AvgIpc) is 3.48. The Morgan fingerprint density at radius 1 is 1.06 bits per heavy atom. The second-order valence-corrected chi connectivity index (χ2v) is 7.17. The van der Waals surface area contributed by atoms with Gasteiger partial charge in [0, 0.05) is 18.8 Å². The molecule has 0 fully saturated rings. The molecule has 0 spiro atoms. The number of carbonyl (C=O) groups is 1. The summed E-state index contributed by atoms with van der Waals surface area (Å²) in [4.78, 5) is 19.6. The molecule has 4 rings (SSSR count). The van der Waals surface area contributed by atoms with Crippen molar-refractivity contribution < 1.29 is 18.7 Å². The lowest BCUT2D eigenvalue weighted by Crippen LogP contribution is -2.31. The second-order valence-electron chi connectivity index (χ2n) is 7.17. The number of aryl methyl sites for hydroxylation is 1. The largest absolute Gasteiger partial charge is 0.497 e. The van der Waals surface area contributed by atoms with Gasteiger partial charge in [0.05, 0.1) is 45.0 Å². The van der Waals surface area contributed by atoms with Gasteiger partial charge in [-0.25, -0.2) is 0 Å². The molecule has 0 atom stereocenters. The molecule has 0 unspecified atom stereocenters. The highest BCUT2D eigenvalue weighted by Gasteiger charge is 2.23. The lowest BCUT2D eigenvalue weighted by atomic mass is 10.1. The van der Waals surface area contributed by atoms with Crippen molar-refractivity contribution in [2.75, 3.05) is 14.2 Å². The minimum absolute atomic E-state index is 0.185. The summed E-state index contributed by atoms with van der Waals surface area (Å²) in [5.74, 6) is 1.82. The summed E-state index contributed by atoms with van der Waals surface area (Å²) in [5.41, 5.74) is 2.57. The quantitative estimate of drug-likeness (QED) is 0.420. The fourth-order valence-corrected chi connectivity index (χ4v) is 3.45. The van der Waals surface area contributed by atoms with Gasteiger partial charge in [-0.1, -0.05) is 6.07 Å². The van der Waals surface area contributed by atoms with Crippen molar-refractivity contribution in [1.29, 1.82) is 0 Å². The molecule has 4 aromatic rings. The van der Waals surface area contributed by atoms with E-state index in [0.29, 0.717) is 41.7 Å². The molecule has 0 saturated heterocycles. The molecule has 8 nitrogen and oxygen atoms in total. The van der Waals surface area contributed by atoms with E-state index in [1.807, 2.05) is 42.5 Å². The summed E-state index contributed by atoms with van der Waals surface area (Å²) in [6.45, 7) is 0.648. The van der Waals surface area contributed by atoms with Crippen molar-refractivity contribution in [3.8, 4) is 22.8 Å². The number of furan rings is 1. The number of methoxy groups -OCH3 is 2. The van der Waals surface area contributed by atoms with Gasteiger partial charge in [-0.05, 0) is 48.5 Å². The van der Waals surface area contributed by atoms with Crippen molar-refractivity contribution >= 4 is 5.91 Å². The fraction of sp³-hybridized carbons (Fsp3) is 0.208. The molecule has 0 bridgehead atoms. The van der Waals surface area contributed by atoms with E-state index in [2.05, 4.69) is 10.1 Å². The van der Waals surface area contributed by atoms with Crippen molar-refractivity contribution in [3.05, 3.63) is 84.2 Å². The summed E-state index contributed by atoms with van der Waals surface area (Å²) in [5, 5.41) is 4.57. The number of hydrogen-bond donors (Lipinski definition) is 0. The van der Waals surface area contributed by atoms with Crippen LogP contribution in [0.2, 0.25) is 0 Å². The molecule has 0 N–H and O–H groups in total. The van der Waals surface area contributed by atoms with Crippen LogP contribution in [0.15, 0.2) is 71.5 Å². The molecule has 1 aromatic carbocycles. The van der Waals surface area contributed by atoms with E-state index in [1.54, 1.807) is 55.4 Å². The van der Waals surface area contributed by atoms with E-state index in [-0.39, 0.29) is 5.91 Å². The van der Waals surface area contributed by atoms with E-state index in [0.717, 1.165) is 11.3 Å². The van der Waals surface area contributed by atoms with Crippen molar-refractivity contribution in [1.82, 2.24) is 19.7 Å². The Morgan fingerprint density at radius 2 is 1.94 bits per heavy atom. The minimum Gasteiger partial charge on any atom is -0.497 e. The Morgan fingerprint density at radius 3 is 2.62 bits per heavy atom. The Balaban J connectivity index is 1.68. The highest BCUT2D eigenvalue weighted by atomic mass is 16.5. The number of aromatic nitrogens is 3. The summed E-state index contributed by atoms with van der Waals surface area (Å²) in [7, 11) is 4.94. The average molecular weight is 432 g/mol. The zero-order valence-electron chi connectivity index (χ0n) is 18.2. The Bertz CT molecular complexity index is 1190. The van der Waals surface area contributed by atoms with E-state index < -0.39 is 0 Å². The molecule has 3 aromatic heterocycles. The third-order valence-electron chi connectivity index (χ3n) is 5.07. The molecule has 3 heterocycles. The number of benzene rings is 1. The molecule has 0 saturated carbocycles. The molecule has 164 valence electrons. The van der Waals surface area contributed by atoms with Gasteiger partial charge in [0.2, 0.25) is 0 Å². The van der Waals surface area contributed by atoms with Gasteiger partial charge < -0.3 is 18.8 Å². The Hall–Kier alpha value is -4.07. The van der Waals surface area contributed by atoms with Gasteiger partial charge in [-0.15, -0.1) is 0 Å². The predicted molar refractivity (Wildman–Crippen MR) is 118 cm³/mol. The molecule has 0 radical (unpaired) electrons. The van der Waals surface area contributed by atoms with Gasteiger partial charge in [-0.3, -0.25) is 14.5 Å². The van der Waals surface area contributed by atoms with Crippen molar-refractivity contribution in [2.45, 2.75) is 13.1 Å². The van der Waals surface area contributed by atoms with E-state index >= 15 is 0 Å². The number of pyridine rings is 1. The first-order valence-corrected chi connectivity index (χ1v) is 10.1. The highest BCUT2D eigenvalue weighted by Crippen LogP contribution is 2.33. The van der Waals surface area contributed by atoms with E-state index in [1.165, 1.54) is 0 Å². The molecular weight excluding hydrogens is 408 g/mol. The number of rotatable bonds is 8. The zero-order valence-corrected chi connectivity index (χ0v) is 18.2. The van der Waals surface area contributed by atoms with Gasteiger partial charge in [0.25, 0.3) is 5.91 Å². The molecule has 0 aliphatic heterocycles. The number of ether oxygens (including phenoxy) is 2. The van der Waals surface area contributed by atoms with Crippen LogP contribution in [0.1, 0.15) is 21.9 Å². The van der Waals surface area contributed by atoms with Crippen LogP contribution < -0.4 is 9.47 Å². The molecule has 32 heavy (non-hydrogen) atoms. The first kappa shape index (κ1) is 21.2. The van der Waals surface area contributed by atoms with E-state index in [9.17, 15) is 4.79 Å². The van der Waals surface area contributed by atoms with Crippen LogP contribution in [-0.4, -0.2) is 39.8 Å². The molecule has 8 heteroatoms. The maximum absolute atomic E-state index is 13.6. The maximum Gasteiger partial charge on any atom is 0.272 e. The monoisotopic (exact) mass is 432 g/mol. The topological polar surface area (TPSA) is 82.6 Å². The number of carbonyl (C=O) groups excluding carboxylic acids is 1. The fourth-order valence-electron chi connectivity index (χ4n) is 3.45. The van der Waals surface area contributed by atoms with Crippen LogP contribution in [0.3, 0.4) is 0 Å². The van der Waals surface area contributed by atoms with Gasteiger partial charge in [0.15, 0.2) is 0 Å². The lowest BCUT2D eigenvalue weighted by molar-refractivity contribution is 0.0704. The first-order chi connectivity index (χ1) is 15.6. The number of nitrogens with zero attached hydrogens (tertiary/aromatic N) is 4. The first-order valence-electron chi connectivity index (χ1n) is 10.1. The number of hydrogen-bond acceptors (Lipinski definition) is 6. The predicted octanol–water partition coefficient (Wildman–Crippen LogP) is 3.93. The van der Waals surface area contributed by atoms with Crippen LogP contribution in [0.25, 0.3) is 11.3 Å². The van der Waals surface area contributed by atoms with Gasteiger partial charge in [-0.2, -0.15) is 5.10 Å². The Kier molecular flexibility index (Phi) is 6.21. The summed E-state index contributed by atoms with van der Waals surface area (Å²) in [6.07, 6.45) is 3.30. The lowest BCUT2D eigenvalue weighted by Gasteiger charge is -2.21. The van der Waals surface area contributed by atoms with Crippen molar-refractivity contribution in [3.63, 3.8) is 0 Å². The third-order valence-corrected chi connectivity index (χ3v) is 5.07. The molecule has 0 aliphatic carbocycles. The minimum atomic E-state index is -0.185. The van der Waals surface area contributed by atoms with Crippen molar-refractivity contribution in [2.24, 2.45) is 7.05 Å². The molecule has 0 aliphatic rings. The molecule has 1 amide bonds. The summed E-state index contributed by atoms with van der Waals surface area (Å²) in [6, 6.07) is 16.5. The second kappa shape index (κ2) is 9.38. The normalized spacial score (nSPS) is 10.7.